The van der Waals surface area contributed by atoms with Gasteiger partial charge in [0.05, 0.1) is 6.54 Å². The molecule has 14 heavy (non-hydrogen) atoms. The Labute approximate surface area is 86.9 Å². The van der Waals surface area contributed by atoms with E-state index in [1.165, 1.54) is 19.3 Å². The number of carbonyl (C=O) groups is 1. The van der Waals surface area contributed by atoms with Crippen LogP contribution < -0.4 is 5.32 Å². The van der Waals surface area contributed by atoms with E-state index in [1.807, 2.05) is 14.0 Å². The van der Waals surface area contributed by atoms with Crippen molar-refractivity contribution in [3.8, 4) is 0 Å². The highest BCUT2D eigenvalue weighted by molar-refractivity contribution is 5.77. The highest BCUT2D eigenvalue weighted by Crippen LogP contribution is 2.34. The molecule has 0 aromatic carbocycles. The Kier molecular flexibility index (Phi) is 4.39. The van der Waals surface area contributed by atoms with Crippen LogP contribution in [0.5, 0.6) is 0 Å². The van der Waals surface area contributed by atoms with Crippen LogP contribution in [0, 0.1) is 5.92 Å². The summed E-state index contributed by atoms with van der Waals surface area (Å²) in [5.74, 6) is 1.04. The zero-order chi connectivity index (χ0) is 10.6. The molecule has 0 radical (unpaired) electrons. The van der Waals surface area contributed by atoms with Crippen LogP contribution in [0.25, 0.3) is 0 Å². The fourth-order valence-electron chi connectivity index (χ4n) is 1.72. The lowest BCUT2D eigenvalue weighted by atomic mass is 10.2. The van der Waals surface area contributed by atoms with Crippen molar-refractivity contribution in [1.29, 1.82) is 0 Å². The van der Waals surface area contributed by atoms with E-state index in [1.54, 1.807) is 4.90 Å². The summed E-state index contributed by atoms with van der Waals surface area (Å²) < 4.78 is 0. The largest absolute Gasteiger partial charge is 0.345 e. The van der Waals surface area contributed by atoms with E-state index < -0.39 is 0 Å². The zero-order valence-corrected chi connectivity index (χ0v) is 9.55. The van der Waals surface area contributed by atoms with E-state index >= 15 is 0 Å². The summed E-state index contributed by atoms with van der Waals surface area (Å²) in [6.45, 7) is 5.51. The predicted molar refractivity (Wildman–Crippen MR) is 58.1 cm³/mol. The molecule has 1 saturated carbocycles. The van der Waals surface area contributed by atoms with Crippen LogP contribution in [0.15, 0.2) is 0 Å². The van der Waals surface area contributed by atoms with E-state index in [9.17, 15) is 4.79 Å². The third kappa shape index (κ3) is 3.29. The van der Waals surface area contributed by atoms with Crippen LogP contribution in [0.4, 0.5) is 0 Å². The van der Waals surface area contributed by atoms with Crippen LogP contribution in [0.2, 0.25) is 0 Å². The quantitative estimate of drug-likeness (QED) is 0.696. The highest BCUT2D eigenvalue weighted by Gasteiger charge is 2.35. The van der Waals surface area contributed by atoms with Gasteiger partial charge in [-0.1, -0.05) is 13.3 Å². The molecule has 1 amide bonds. The Bertz CT molecular complexity index is 194. The minimum Gasteiger partial charge on any atom is -0.345 e. The maximum absolute atomic E-state index is 11.4. The molecule has 0 heterocycles. The molecule has 1 fully saturated rings. The summed E-state index contributed by atoms with van der Waals surface area (Å²) in [5.41, 5.74) is 0. The van der Waals surface area contributed by atoms with Crippen LogP contribution in [0.3, 0.4) is 0 Å². The molecule has 0 aliphatic heterocycles. The first-order valence-electron chi connectivity index (χ1n) is 5.66. The molecule has 0 spiro atoms. The molecule has 0 aromatic heterocycles. The van der Waals surface area contributed by atoms with Gasteiger partial charge in [-0.05, 0) is 25.7 Å². The van der Waals surface area contributed by atoms with Crippen LogP contribution >= 0.6 is 0 Å². The van der Waals surface area contributed by atoms with Gasteiger partial charge >= 0.3 is 0 Å². The van der Waals surface area contributed by atoms with Gasteiger partial charge in [-0.25, -0.2) is 0 Å². The SMILES string of the molecule is CCCC1CC1NCC(=O)N(C)CC. The molecular formula is C11H22N2O. The van der Waals surface area contributed by atoms with Gasteiger partial charge in [0.15, 0.2) is 0 Å². The molecule has 82 valence electrons. The molecule has 1 aliphatic rings. The first kappa shape index (κ1) is 11.5. The second-order valence-electron chi connectivity index (χ2n) is 4.18. The van der Waals surface area contributed by atoms with Gasteiger partial charge in [-0.2, -0.15) is 0 Å². The van der Waals surface area contributed by atoms with Gasteiger partial charge < -0.3 is 10.2 Å². The maximum atomic E-state index is 11.4. The molecule has 0 saturated heterocycles. The van der Waals surface area contributed by atoms with Crippen molar-refractivity contribution in [2.24, 2.45) is 5.92 Å². The van der Waals surface area contributed by atoms with E-state index in [-0.39, 0.29) is 5.91 Å². The Hall–Kier alpha value is -0.570. The molecule has 3 heteroatoms. The minimum absolute atomic E-state index is 0.203. The molecule has 0 bridgehead atoms. The summed E-state index contributed by atoms with van der Waals surface area (Å²) in [6, 6.07) is 0.615. The van der Waals surface area contributed by atoms with Crippen molar-refractivity contribution in [3.63, 3.8) is 0 Å². The second kappa shape index (κ2) is 5.35. The zero-order valence-electron chi connectivity index (χ0n) is 9.55. The van der Waals surface area contributed by atoms with Crippen molar-refractivity contribution in [2.75, 3.05) is 20.1 Å². The monoisotopic (exact) mass is 198 g/mol. The molecule has 3 nitrogen and oxygen atoms in total. The van der Waals surface area contributed by atoms with Gasteiger partial charge in [0.1, 0.15) is 0 Å². The fourth-order valence-corrected chi connectivity index (χ4v) is 1.72. The normalized spacial score (nSPS) is 24.8. The van der Waals surface area contributed by atoms with Crippen LogP contribution in [-0.4, -0.2) is 37.0 Å². The number of rotatable bonds is 6. The minimum atomic E-state index is 0.203. The molecular weight excluding hydrogens is 176 g/mol. The van der Waals surface area contributed by atoms with Crippen molar-refractivity contribution in [1.82, 2.24) is 10.2 Å². The third-order valence-corrected chi connectivity index (χ3v) is 3.00. The lowest BCUT2D eigenvalue weighted by Gasteiger charge is -2.14. The standard InChI is InChI=1S/C11H22N2O/c1-4-6-9-7-10(9)12-8-11(14)13(3)5-2/h9-10,12H,4-8H2,1-3H3. The van der Waals surface area contributed by atoms with Crippen molar-refractivity contribution < 1.29 is 4.79 Å². The maximum Gasteiger partial charge on any atom is 0.236 e. The summed E-state index contributed by atoms with van der Waals surface area (Å²) in [6.07, 6.45) is 3.82. The molecule has 2 atom stereocenters. The Morgan fingerprint density at radius 3 is 2.79 bits per heavy atom. The lowest BCUT2D eigenvalue weighted by Crippen LogP contribution is -2.36. The highest BCUT2D eigenvalue weighted by atomic mass is 16.2. The van der Waals surface area contributed by atoms with Crippen molar-refractivity contribution in [3.05, 3.63) is 0 Å². The van der Waals surface area contributed by atoms with E-state index in [4.69, 9.17) is 0 Å². The smallest absolute Gasteiger partial charge is 0.236 e. The summed E-state index contributed by atoms with van der Waals surface area (Å²) >= 11 is 0. The number of nitrogens with zero attached hydrogens (tertiary/aromatic N) is 1. The second-order valence-corrected chi connectivity index (χ2v) is 4.18. The predicted octanol–water partition coefficient (Wildman–Crippen LogP) is 1.24. The van der Waals surface area contributed by atoms with E-state index in [0.29, 0.717) is 12.6 Å². The van der Waals surface area contributed by atoms with Crippen LogP contribution in [-0.2, 0) is 4.79 Å². The van der Waals surface area contributed by atoms with Crippen molar-refractivity contribution >= 4 is 5.91 Å². The molecule has 2 unspecified atom stereocenters. The average molecular weight is 198 g/mol. The summed E-state index contributed by atoms with van der Waals surface area (Å²) in [4.78, 5) is 13.2. The molecule has 0 aromatic rings. The van der Waals surface area contributed by atoms with E-state index in [2.05, 4.69) is 12.2 Å². The Balaban J connectivity index is 2.08. The number of hydrogen-bond acceptors (Lipinski definition) is 2. The van der Waals surface area contributed by atoms with Crippen molar-refractivity contribution in [2.45, 2.75) is 39.2 Å². The molecule has 1 rings (SSSR count). The van der Waals surface area contributed by atoms with Gasteiger partial charge in [-0.3, -0.25) is 4.79 Å². The van der Waals surface area contributed by atoms with Gasteiger partial charge in [0, 0.05) is 19.6 Å². The first-order chi connectivity index (χ1) is 6.69. The first-order valence-corrected chi connectivity index (χ1v) is 5.66. The third-order valence-electron chi connectivity index (χ3n) is 3.00. The van der Waals surface area contributed by atoms with Crippen LogP contribution in [0.1, 0.15) is 33.1 Å². The van der Waals surface area contributed by atoms with Gasteiger partial charge in [-0.15, -0.1) is 0 Å². The number of hydrogen-bond donors (Lipinski definition) is 1. The van der Waals surface area contributed by atoms with Gasteiger partial charge in [0.2, 0.25) is 5.91 Å². The Morgan fingerprint density at radius 2 is 2.21 bits per heavy atom. The molecule has 1 N–H and O–H groups in total. The summed E-state index contributed by atoms with van der Waals surface area (Å²) in [7, 11) is 1.85. The van der Waals surface area contributed by atoms with E-state index in [0.717, 1.165) is 12.5 Å². The number of carbonyl (C=O) groups excluding carboxylic acids is 1. The topological polar surface area (TPSA) is 32.3 Å². The Morgan fingerprint density at radius 1 is 1.50 bits per heavy atom. The average Bonchev–Trinajstić information content (AvgIpc) is 2.92. The fraction of sp³-hybridized carbons (Fsp3) is 0.909. The van der Waals surface area contributed by atoms with Gasteiger partial charge in [0.25, 0.3) is 0 Å². The number of nitrogens with one attached hydrogen (secondary N) is 1. The number of amides is 1. The lowest BCUT2D eigenvalue weighted by molar-refractivity contribution is -0.128. The molecule has 1 aliphatic carbocycles. The number of likely N-dealkylation sites (N-methyl/N-ethyl adjacent to an activating group) is 1. The summed E-state index contributed by atoms with van der Waals surface area (Å²) in [5, 5.41) is 3.32.